The quantitative estimate of drug-likeness (QED) is 0.238. The van der Waals surface area contributed by atoms with Crippen molar-refractivity contribution in [1.29, 1.82) is 0 Å². The Morgan fingerprint density at radius 2 is 1.80 bits per heavy atom. The standard InChI is InChI=1S/C31H30FN3O5/c1-34-30(19-7-9-21(32)10-8-19)22(23-6-5-14-33-31(23)34)11-12-28(36)35-15-13-20-16-26(38-2)27(39-3)17-24(20)25(35)18-29(37)40-4/h5-12,14,16-17,25H,13,15,18H2,1-4H3. The number of aryl methyl sites for hydroxylation is 1. The maximum absolute atomic E-state index is 13.7. The van der Waals surface area contributed by atoms with Crippen LogP contribution in [0, 0.1) is 5.82 Å². The van der Waals surface area contributed by atoms with E-state index in [-0.39, 0.29) is 18.1 Å². The van der Waals surface area contributed by atoms with E-state index in [1.807, 2.05) is 35.9 Å². The van der Waals surface area contributed by atoms with Gasteiger partial charge in [0.25, 0.3) is 0 Å². The van der Waals surface area contributed by atoms with Gasteiger partial charge in [-0.2, -0.15) is 0 Å². The largest absolute Gasteiger partial charge is 0.493 e. The molecule has 0 spiro atoms. The summed E-state index contributed by atoms with van der Waals surface area (Å²) in [7, 11) is 6.34. The van der Waals surface area contributed by atoms with Gasteiger partial charge in [-0.1, -0.05) is 0 Å². The van der Waals surface area contributed by atoms with Gasteiger partial charge in [0, 0.05) is 36.8 Å². The third-order valence-electron chi connectivity index (χ3n) is 7.37. The summed E-state index contributed by atoms with van der Waals surface area (Å²) in [5.74, 6) is 0.112. The van der Waals surface area contributed by atoms with Crippen LogP contribution in [0.3, 0.4) is 0 Å². The molecule has 2 aromatic heterocycles. The van der Waals surface area contributed by atoms with Gasteiger partial charge in [-0.3, -0.25) is 9.59 Å². The van der Waals surface area contributed by atoms with Crippen LogP contribution in [0.25, 0.3) is 28.4 Å². The lowest BCUT2D eigenvalue weighted by Gasteiger charge is -2.36. The number of benzene rings is 2. The van der Waals surface area contributed by atoms with Crippen molar-refractivity contribution < 1.29 is 28.2 Å². The summed E-state index contributed by atoms with van der Waals surface area (Å²) in [4.78, 5) is 32.4. The Balaban J connectivity index is 1.55. The zero-order valence-corrected chi connectivity index (χ0v) is 22.8. The molecule has 1 aliphatic rings. The fourth-order valence-electron chi connectivity index (χ4n) is 5.42. The Kier molecular flexibility index (Phi) is 7.55. The number of carbonyl (C=O) groups excluding carboxylic acids is 2. The number of rotatable bonds is 7. The van der Waals surface area contributed by atoms with Crippen LogP contribution in [-0.4, -0.2) is 54.2 Å². The molecule has 0 aliphatic carbocycles. The number of nitrogens with zero attached hydrogens (tertiary/aromatic N) is 3. The van der Waals surface area contributed by atoms with Crippen LogP contribution >= 0.6 is 0 Å². The van der Waals surface area contributed by atoms with Gasteiger partial charge in [-0.05, 0) is 77.7 Å². The molecule has 1 unspecified atom stereocenters. The lowest BCUT2D eigenvalue weighted by atomic mass is 9.89. The molecule has 1 aliphatic heterocycles. The number of aromatic nitrogens is 2. The molecular weight excluding hydrogens is 513 g/mol. The number of amides is 1. The van der Waals surface area contributed by atoms with Crippen LogP contribution in [0.5, 0.6) is 11.5 Å². The first-order valence-corrected chi connectivity index (χ1v) is 12.9. The van der Waals surface area contributed by atoms with Crippen molar-refractivity contribution in [1.82, 2.24) is 14.5 Å². The summed E-state index contributed by atoms with van der Waals surface area (Å²) < 4.78 is 31.5. The molecule has 3 heterocycles. The monoisotopic (exact) mass is 543 g/mol. The van der Waals surface area contributed by atoms with Crippen molar-refractivity contribution in [3.63, 3.8) is 0 Å². The molecule has 0 bridgehead atoms. The van der Waals surface area contributed by atoms with Gasteiger partial charge in [0.2, 0.25) is 5.91 Å². The van der Waals surface area contributed by atoms with E-state index < -0.39 is 12.0 Å². The highest BCUT2D eigenvalue weighted by Gasteiger charge is 2.33. The molecule has 0 radical (unpaired) electrons. The maximum atomic E-state index is 13.7. The van der Waals surface area contributed by atoms with Gasteiger partial charge in [-0.25, -0.2) is 9.37 Å². The first-order chi connectivity index (χ1) is 19.4. The second-order valence-corrected chi connectivity index (χ2v) is 9.52. The number of methoxy groups -OCH3 is 3. The molecule has 4 aromatic rings. The number of pyridine rings is 1. The van der Waals surface area contributed by atoms with E-state index in [0.717, 1.165) is 39.0 Å². The first-order valence-electron chi connectivity index (χ1n) is 12.9. The minimum absolute atomic E-state index is 0.00240. The molecule has 40 heavy (non-hydrogen) atoms. The fraction of sp³-hybridized carbons (Fsp3) is 0.258. The highest BCUT2D eigenvalue weighted by atomic mass is 19.1. The highest BCUT2D eigenvalue weighted by Crippen LogP contribution is 2.40. The topological polar surface area (TPSA) is 82.9 Å². The number of hydrogen-bond donors (Lipinski definition) is 0. The van der Waals surface area contributed by atoms with Gasteiger partial charge in [0.05, 0.1) is 39.5 Å². The number of esters is 1. The molecular formula is C31H30FN3O5. The summed E-state index contributed by atoms with van der Waals surface area (Å²) in [6, 6.07) is 13.2. The van der Waals surface area contributed by atoms with Crippen LogP contribution in [0.15, 0.2) is 60.8 Å². The second-order valence-electron chi connectivity index (χ2n) is 9.52. The number of hydrogen-bond acceptors (Lipinski definition) is 6. The Labute approximate surface area is 231 Å². The van der Waals surface area contributed by atoms with E-state index in [4.69, 9.17) is 14.2 Å². The molecule has 1 atom stereocenters. The molecule has 0 N–H and O–H groups in total. The summed E-state index contributed by atoms with van der Waals surface area (Å²) >= 11 is 0. The number of carbonyl (C=O) groups is 2. The van der Waals surface area contributed by atoms with Gasteiger partial charge >= 0.3 is 5.97 Å². The van der Waals surface area contributed by atoms with Crippen molar-refractivity contribution >= 4 is 29.0 Å². The molecule has 206 valence electrons. The van der Waals surface area contributed by atoms with Crippen LogP contribution < -0.4 is 9.47 Å². The first kappa shape index (κ1) is 26.9. The van der Waals surface area contributed by atoms with Crippen LogP contribution in [0.4, 0.5) is 4.39 Å². The van der Waals surface area contributed by atoms with E-state index in [0.29, 0.717) is 24.5 Å². The highest BCUT2D eigenvalue weighted by molar-refractivity contribution is 6.00. The zero-order valence-electron chi connectivity index (χ0n) is 22.8. The van der Waals surface area contributed by atoms with Gasteiger partial charge in [-0.15, -0.1) is 0 Å². The molecule has 5 rings (SSSR count). The van der Waals surface area contributed by atoms with Crippen LogP contribution in [0.2, 0.25) is 0 Å². The lowest BCUT2D eigenvalue weighted by Crippen LogP contribution is -2.40. The normalized spacial score (nSPS) is 14.8. The average molecular weight is 544 g/mol. The molecule has 9 heteroatoms. The SMILES string of the molecule is COC(=O)CC1c2cc(OC)c(OC)cc2CCN1C(=O)C=Cc1c(-c2ccc(F)cc2)n(C)c2ncccc12. The Hall–Kier alpha value is -4.66. The summed E-state index contributed by atoms with van der Waals surface area (Å²) in [5, 5.41) is 0.861. The van der Waals surface area contributed by atoms with E-state index >= 15 is 0 Å². The molecule has 2 aromatic carbocycles. The number of halogens is 1. The molecule has 8 nitrogen and oxygen atoms in total. The average Bonchev–Trinajstić information content (AvgIpc) is 3.26. The van der Waals surface area contributed by atoms with Crippen molar-refractivity contribution in [2.75, 3.05) is 27.9 Å². The third kappa shape index (κ3) is 4.90. The van der Waals surface area contributed by atoms with E-state index in [9.17, 15) is 14.0 Å². The predicted molar refractivity (Wildman–Crippen MR) is 149 cm³/mol. The number of fused-ring (bicyclic) bond motifs is 2. The smallest absolute Gasteiger partial charge is 0.307 e. The predicted octanol–water partition coefficient (Wildman–Crippen LogP) is 5.10. The third-order valence-corrected chi connectivity index (χ3v) is 7.37. The minimum atomic E-state index is -0.543. The minimum Gasteiger partial charge on any atom is -0.493 e. The van der Waals surface area contributed by atoms with Crippen molar-refractivity contribution in [2.45, 2.75) is 18.9 Å². The Morgan fingerprint density at radius 3 is 2.50 bits per heavy atom. The van der Waals surface area contributed by atoms with Crippen molar-refractivity contribution in [3.8, 4) is 22.8 Å². The van der Waals surface area contributed by atoms with E-state index in [1.165, 1.54) is 25.3 Å². The van der Waals surface area contributed by atoms with Crippen molar-refractivity contribution in [3.05, 3.63) is 83.3 Å². The summed E-state index contributed by atoms with van der Waals surface area (Å²) in [5.41, 5.74) is 4.94. The fourth-order valence-corrected chi connectivity index (χ4v) is 5.42. The summed E-state index contributed by atoms with van der Waals surface area (Å²) in [6.07, 6.45) is 5.58. The van der Waals surface area contributed by atoms with Crippen LogP contribution in [-0.2, 0) is 27.8 Å². The molecule has 0 saturated heterocycles. The lowest BCUT2D eigenvalue weighted by molar-refractivity contribution is -0.143. The molecule has 0 fully saturated rings. The summed E-state index contributed by atoms with van der Waals surface area (Å²) in [6.45, 7) is 0.412. The Bertz CT molecular complexity index is 1610. The second kappa shape index (κ2) is 11.2. The van der Waals surface area contributed by atoms with E-state index in [1.54, 1.807) is 43.5 Å². The van der Waals surface area contributed by atoms with Crippen molar-refractivity contribution in [2.24, 2.45) is 7.05 Å². The van der Waals surface area contributed by atoms with Gasteiger partial charge in [0.1, 0.15) is 11.5 Å². The zero-order chi connectivity index (χ0) is 28.4. The van der Waals surface area contributed by atoms with Crippen LogP contribution in [0.1, 0.15) is 29.2 Å². The van der Waals surface area contributed by atoms with Gasteiger partial charge in [0.15, 0.2) is 11.5 Å². The number of ether oxygens (including phenoxy) is 3. The Morgan fingerprint density at radius 1 is 1.07 bits per heavy atom. The van der Waals surface area contributed by atoms with Gasteiger partial charge < -0.3 is 23.7 Å². The molecule has 1 amide bonds. The molecule has 0 saturated carbocycles. The van der Waals surface area contributed by atoms with E-state index in [2.05, 4.69) is 4.98 Å². The maximum Gasteiger partial charge on any atom is 0.307 e.